The van der Waals surface area contributed by atoms with Gasteiger partial charge >= 0.3 is 0 Å². The standard InChI is InChI=1S/C20H16ClN3O4/c1-12-8-9-13(11-16(12)22-20(27)17-7-4-10-28-17)18(25)23-24-19(26)14-5-2-3-6-15(14)21/h2-11H,1H3,(H,22,27)(H,23,25)(H,24,26). The number of carbonyl (C=O) groups is 3. The Kier molecular flexibility index (Phi) is 5.76. The lowest BCUT2D eigenvalue weighted by Crippen LogP contribution is -2.41. The van der Waals surface area contributed by atoms with Gasteiger partial charge in [0.2, 0.25) is 0 Å². The SMILES string of the molecule is Cc1ccc(C(=O)NNC(=O)c2ccccc2Cl)cc1NC(=O)c1ccco1. The lowest BCUT2D eigenvalue weighted by atomic mass is 10.1. The molecule has 1 heterocycles. The van der Waals surface area contributed by atoms with E-state index in [1.54, 1.807) is 43.3 Å². The van der Waals surface area contributed by atoms with Crippen LogP contribution >= 0.6 is 11.6 Å². The molecule has 142 valence electrons. The minimum atomic E-state index is -0.547. The summed E-state index contributed by atoms with van der Waals surface area (Å²) in [6.45, 7) is 1.79. The molecule has 0 spiro atoms. The molecule has 0 radical (unpaired) electrons. The number of rotatable bonds is 4. The minimum absolute atomic E-state index is 0.154. The fraction of sp³-hybridized carbons (Fsp3) is 0.0500. The zero-order chi connectivity index (χ0) is 20.1. The predicted molar refractivity (Wildman–Crippen MR) is 104 cm³/mol. The van der Waals surface area contributed by atoms with Crippen LogP contribution in [0.15, 0.2) is 65.3 Å². The summed E-state index contributed by atoms with van der Waals surface area (Å²) in [4.78, 5) is 36.6. The molecular weight excluding hydrogens is 382 g/mol. The number of hydrogen-bond donors (Lipinski definition) is 3. The maximum atomic E-state index is 12.4. The highest BCUT2D eigenvalue weighted by Crippen LogP contribution is 2.18. The topological polar surface area (TPSA) is 100 Å². The zero-order valence-electron chi connectivity index (χ0n) is 14.8. The van der Waals surface area contributed by atoms with Crippen molar-refractivity contribution in [2.75, 3.05) is 5.32 Å². The molecule has 8 heteroatoms. The van der Waals surface area contributed by atoms with Crippen molar-refractivity contribution < 1.29 is 18.8 Å². The summed E-state index contributed by atoms with van der Waals surface area (Å²) in [6.07, 6.45) is 1.40. The van der Waals surface area contributed by atoms with E-state index in [0.29, 0.717) is 5.69 Å². The largest absolute Gasteiger partial charge is 0.459 e. The van der Waals surface area contributed by atoms with Gasteiger partial charge in [-0.05, 0) is 48.9 Å². The van der Waals surface area contributed by atoms with E-state index >= 15 is 0 Å². The second-order valence-corrected chi connectivity index (χ2v) is 6.26. The highest BCUT2D eigenvalue weighted by molar-refractivity contribution is 6.33. The van der Waals surface area contributed by atoms with Crippen LogP contribution in [0.5, 0.6) is 0 Å². The number of furan rings is 1. The Morgan fingerprint density at radius 1 is 0.893 bits per heavy atom. The Morgan fingerprint density at radius 2 is 1.64 bits per heavy atom. The molecule has 3 amide bonds. The van der Waals surface area contributed by atoms with Gasteiger partial charge in [-0.15, -0.1) is 0 Å². The number of hydrazine groups is 1. The molecule has 2 aromatic carbocycles. The van der Waals surface area contributed by atoms with Crippen LogP contribution in [-0.4, -0.2) is 17.7 Å². The number of anilines is 1. The summed E-state index contributed by atoms with van der Waals surface area (Å²) in [5, 5.41) is 2.96. The van der Waals surface area contributed by atoms with Crippen molar-refractivity contribution in [1.29, 1.82) is 0 Å². The number of benzene rings is 2. The molecule has 0 saturated carbocycles. The maximum Gasteiger partial charge on any atom is 0.291 e. The van der Waals surface area contributed by atoms with E-state index in [9.17, 15) is 14.4 Å². The van der Waals surface area contributed by atoms with E-state index in [0.717, 1.165) is 5.56 Å². The Balaban J connectivity index is 1.68. The first kappa shape index (κ1) is 19.2. The van der Waals surface area contributed by atoms with Crippen LogP contribution in [-0.2, 0) is 0 Å². The van der Waals surface area contributed by atoms with Crippen molar-refractivity contribution in [3.05, 3.63) is 88.3 Å². The number of halogens is 1. The number of aryl methyl sites for hydroxylation is 1. The van der Waals surface area contributed by atoms with Gasteiger partial charge in [0.15, 0.2) is 5.76 Å². The quantitative estimate of drug-likeness (QED) is 0.586. The van der Waals surface area contributed by atoms with Gasteiger partial charge in [0.25, 0.3) is 17.7 Å². The first-order valence-corrected chi connectivity index (χ1v) is 8.64. The van der Waals surface area contributed by atoms with Crippen LogP contribution in [0, 0.1) is 6.92 Å². The van der Waals surface area contributed by atoms with Crippen molar-refractivity contribution in [3.8, 4) is 0 Å². The summed E-state index contributed by atoms with van der Waals surface area (Å²) in [7, 11) is 0. The highest BCUT2D eigenvalue weighted by atomic mass is 35.5. The van der Waals surface area contributed by atoms with E-state index < -0.39 is 17.7 Å². The van der Waals surface area contributed by atoms with E-state index in [-0.39, 0.29) is 21.9 Å². The minimum Gasteiger partial charge on any atom is -0.459 e. The summed E-state index contributed by atoms with van der Waals surface area (Å²) in [5.74, 6) is -1.37. The Bertz CT molecular complexity index is 1030. The average Bonchev–Trinajstić information content (AvgIpc) is 3.23. The highest BCUT2D eigenvalue weighted by Gasteiger charge is 2.14. The van der Waals surface area contributed by atoms with E-state index in [4.69, 9.17) is 16.0 Å². The van der Waals surface area contributed by atoms with Crippen molar-refractivity contribution in [2.24, 2.45) is 0 Å². The molecule has 0 atom stereocenters. The summed E-state index contributed by atoms with van der Waals surface area (Å²) >= 11 is 5.96. The number of hydrogen-bond acceptors (Lipinski definition) is 4. The zero-order valence-corrected chi connectivity index (χ0v) is 15.5. The normalized spacial score (nSPS) is 10.2. The van der Waals surface area contributed by atoms with Crippen molar-refractivity contribution in [1.82, 2.24) is 10.9 Å². The number of carbonyl (C=O) groups excluding carboxylic acids is 3. The Morgan fingerprint density at radius 3 is 2.36 bits per heavy atom. The average molecular weight is 398 g/mol. The van der Waals surface area contributed by atoms with Crippen LogP contribution in [0.25, 0.3) is 0 Å². The second kappa shape index (κ2) is 8.41. The molecular formula is C20H16ClN3O4. The second-order valence-electron chi connectivity index (χ2n) is 5.85. The van der Waals surface area contributed by atoms with Crippen LogP contribution in [0.4, 0.5) is 5.69 Å². The van der Waals surface area contributed by atoms with E-state index in [1.165, 1.54) is 24.5 Å². The lowest BCUT2D eigenvalue weighted by Gasteiger charge is -2.11. The Labute approximate surface area is 165 Å². The molecule has 7 nitrogen and oxygen atoms in total. The fourth-order valence-electron chi connectivity index (χ4n) is 2.39. The lowest BCUT2D eigenvalue weighted by molar-refractivity contribution is 0.0847. The molecule has 28 heavy (non-hydrogen) atoms. The van der Waals surface area contributed by atoms with E-state index in [2.05, 4.69) is 16.2 Å². The Hall–Kier alpha value is -3.58. The van der Waals surface area contributed by atoms with Gasteiger partial charge in [-0.2, -0.15) is 0 Å². The van der Waals surface area contributed by atoms with Gasteiger partial charge in [-0.3, -0.25) is 25.2 Å². The first-order valence-electron chi connectivity index (χ1n) is 8.26. The number of amides is 3. The van der Waals surface area contributed by atoms with Crippen LogP contribution in [0.1, 0.15) is 36.8 Å². The molecule has 0 fully saturated rings. The van der Waals surface area contributed by atoms with Gasteiger partial charge in [-0.25, -0.2) is 0 Å². The monoisotopic (exact) mass is 397 g/mol. The molecule has 0 bridgehead atoms. The summed E-state index contributed by atoms with van der Waals surface area (Å²) in [6, 6.07) is 14.4. The van der Waals surface area contributed by atoms with Gasteiger partial charge in [0.1, 0.15) is 0 Å². The van der Waals surface area contributed by atoms with Crippen molar-refractivity contribution in [3.63, 3.8) is 0 Å². The van der Waals surface area contributed by atoms with Crippen LogP contribution in [0.3, 0.4) is 0 Å². The van der Waals surface area contributed by atoms with Crippen LogP contribution in [0.2, 0.25) is 5.02 Å². The van der Waals surface area contributed by atoms with Gasteiger partial charge in [-0.1, -0.05) is 29.8 Å². The number of nitrogens with one attached hydrogen (secondary N) is 3. The van der Waals surface area contributed by atoms with Crippen molar-refractivity contribution in [2.45, 2.75) is 6.92 Å². The third-order valence-corrected chi connectivity index (χ3v) is 4.23. The molecule has 0 aliphatic rings. The fourth-order valence-corrected chi connectivity index (χ4v) is 2.61. The van der Waals surface area contributed by atoms with Gasteiger partial charge in [0, 0.05) is 11.3 Å². The van der Waals surface area contributed by atoms with E-state index in [1.807, 2.05) is 0 Å². The third kappa shape index (κ3) is 4.39. The van der Waals surface area contributed by atoms with Gasteiger partial charge in [0.05, 0.1) is 16.8 Å². The summed E-state index contributed by atoms with van der Waals surface area (Å²) in [5.41, 5.74) is 6.33. The third-order valence-electron chi connectivity index (χ3n) is 3.90. The smallest absolute Gasteiger partial charge is 0.291 e. The predicted octanol–water partition coefficient (Wildman–Crippen LogP) is 3.57. The molecule has 0 unspecified atom stereocenters. The maximum absolute atomic E-state index is 12.4. The summed E-state index contributed by atoms with van der Waals surface area (Å²) < 4.78 is 5.05. The first-order chi connectivity index (χ1) is 13.5. The molecule has 3 rings (SSSR count). The molecule has 0 saturated heterocycles. The van der Waals surface area contributed by atoms with Gasteiger partial charge < -0.3 is 9.73 Å². The molecule has 3 aromatic rings. The van der Waals surface area contributed by atoms with Crippen molar-refractivity contribution >= 4 is 35.0 Å². The van der Waals surface area contributed by atoms with Crippen LogP contribution < -0.4 is 16.2 Å². The molecule has 3 N–H and O–H groups in total. The molecule has 1 aromatic heterocycles. The molecule has 0 aliphatic carbocycles. The molecule has 0 aliphatic heterocycles.